The fourth-order valence-electron chi connectivity index (χ4n) is 1.37. The molecule has 2 N–H and O–H groups in total. The van der Waals surface area contributed by atoms with Crippen molar-refractivity contribution in [3.8, 4) is 5.75 Å². The molecule has 0 atom stereocenters. The van der Waals surface area contributed by atoms with Gasteiger partial charge in [-0.05, 0) is 18.2 Å². The second-order valence-electron chi connectivity index (χ2n) is 3.39. The van der Waals surface area contributed by atoms with Crippen LogP contribution in [0.2, 0.25) is 0 Å². The van der Waals surface area contributed by atoms with Crippen molar-refractivity contribution >= 4 is 11.4 Å². The molecule has 88 valence electrons. The van der Waals surface area contributed by atoms with Crippen LogP contribution in [0.4, 0.5) is 11.4 Å². The summed E-state index contributed by atoms with van der Waals surface area (Å²) in [5, 5.41) is 23.0. The van der Waals surface area contributed by atoms with Crippen molar-refractivity contribution in [3.63, 3.8) is 0 Å². The van der Waals surface area contributed by atoms with Crippen molar-refractivity contribution in [3.05, 3.63) is 52.5 Å². The van der Waals surface area contributed by atoms with E-state index in [1.807, 2.05) is 0 Å². The summed E-state index contributed by atoms with van der Waals surface area (Å²) in [6, 6.07) is 7.31. The van der Waals surface area contributed by atoms with Crippen molar-refractivity contribution in [1.29, 1.82) is 0 Å². The predicted molar refractivity (Wildman–Crippen MR) is 60.8 cm³/mol. The van der Waals surface area contributed by atoms with Crippen LogP contribution in [0.1, 0.15) is 5.76 Å². The molecule has 1 aromatic carbocycles. The lowest BCUT2D eigenvalue weighted by molar-refractivity contribution is -0.384. The van der Waals surface area contributed by atoms with Gasteiger partial charge in [0.1, 0.15) is 11.5 Å². The molecule has 1 aromatic heterocycles. The molecule has 0 saturated heterocycles. The molecule has 2 rings (SSSR count). The van der Waals surface area contributed by atoms with E-state index in [0.29, 0.717) is 18.0 Å². The third kappa shape index (κ3) is 2.54. The van der Waals surface area contributed by atoms with Crippen molar-refractivity contribution in [2.75, 3.05) is 5.32 Å². The Hall–Kier alpha value is -2.50. The molecule has 0 aliphatic carbocycles. The van der Waals surface area contributed by atoms with Gasteiger partial charge in [-0.15, -0.1) is 0 Å². The van der Waals surface area contributed by atoms with Gasteiger partial charge in [0, 0.05) is 12.1 Å². The van der Waals surface area contributed by atoms with Crippen molar-refractivity contribution in [2.24, 2.45) is 0 Å². The zero-order valence-electron chi connectivity index (χ0n) is 8.79. The first-order valence-corrected chi connectivity index (χ1v) is 4.90. The molecular formula is C11H10N2O4. The number of nitrogens with zero attached hydrogens (tertiary/aromatic N) is 1. The predicted octanol–water partition coefficient (Wildman–Crippen LogP) is 2.51. The lowest BCUT2D eigenvalue weighted by Crippen LogP contribution is -1.99. The van der Waals surface area contributed by atoms with Crippen LogP contribution in [-0.2, 0) is 6.54 Å². The Balaban J connectivity index is 2.14. The maximum atomic E-state index is 10.6. The molecule has 0 aliphatic rings. The van der Waals surface area contributed by atoms with Crippen molar-refractivity contribution in [1.82, 2.24) is 0 Å². The molecule has 0 aliphatic heterocycles. The van der Waals surface area contributed by atoms with Gasteiger partial charge in [-0.25, -0.2) is 0 Å². The third-order valence-electron chi connectivity index (χ3n) is 2.22. The number of phenols is 1. The number of furan rings is 1. The van der Waals surface area contributed by atoms with Crippen LogP contribution in [0.25, 0.3) is 0 Å². The fourth-order valence-corrected chi connectivity index (χ4v) is 1.37. The van der Waals surface area contributed by atoms with Crippen LogP contribution in [-0.4, -0.2) is 10.0 Å². The highest BCUT2D eigenvalue weighted by Crippen LogP contribution is 2.28. The van der Waals surface area contributed by atoms with E-state index < -0.39 is 4.92 Å². The quantitative estimate of drug-likeness (QED) is 0.482. The Morgan fingerprint density at radius 1 is 1.41 bits per heavy atom. The number of hydrogen-bond donors (Lipinski definition) is 2. The Morgan fingerprint density at radius 2 is 2.24 bits per heavy atom. The summed E-state index contributed by atoms with van der Waals surface area (Å²) in [4.78, 5) is 10.1. The lowest BCUT2D eigenvalue weighted by Gasteiger charge is -2.06. The maximum Gasteiger partial charge on any atom is 0.271 e. The molecule has 0 spiro atoms. The number of anilines is 1. The van der Waals surface area contributed by atoms with Crippen LogP contribution in [0.15, 0.2) is 41.0 Å². The van der Waals surface area contributed by atoms with E-state index in [0.717, 1.165) is 0 Å². The van der Waals surface area contributed by atoms with Crippen LogP contribution >= 0.6 is 0 Å². The average molecular weight is 234 g/mol. The monoisotopic (exact) mass is 234 g/mol. The summed E-state index contributed by atoms with van der Waals surface area (Å²) >= 11 is 0. The number of rotatable bonds is 4. The number of benzene rings is 1. The van der Waals surface area contributed by atoms with Crippen LogP contribution < -0.4 is 5.32 Å². The highest BCUT2D eigenvalue weighted by Gasteiger charge is 2.10. The zero-order chi connectivity index (χ0) is 12.3. The van der Waals surface area contributed by atoms with Gasteiger partial charge in [0.05, 0.1) is 23.4 Å². The summed E-state index contributed by atoms with van der Waals surface area (Å²) in [6.45, 7) is 0.349. The Morgan fingerprint density at radius 3 is 2.88 bits per heavy atom. The first-order valence-electron chi connectivity index (χ1n) is 4.90. The molecule has 17 heavy (non-hydrogen) atoms. The molecule has 6 nitrogen and oxygen atoms in total. The number of nitro benzene ring substituents is 1. The van der Waals surface area contributed by atoms with Gasteiger partial charge in [-0.1, -0.05) is 0 Å². The number of hydrogen-bond acceptors (Lipinski definition) is 5. The topological polar surface area (TPSA) is 88.5 Å². The van der Waals surface area contributed by atoms with Gasteiger partial charge < -0.3 is 14.8 Å². The number of aromatic hydroxyl groups is 1. The molecule has 0 bridgehead atoms. The second-order valence-corrected chi connectivity index (χ2v) is 3.39. The highest BCUT2D eigenvalue weighted by atomic mass is 16.6. The molecule has 1 heterocycles. The van der Waals surface area contributed by atoms with E-state index >= 15 is 0 Å². The zero-order valence-corrected chi connectivity index (χ0v) is 8.79. The van der Waals surface area contributed by atoms with E-state index in [1.54, 1.807) is 12.1 Å². The minimum Gasteiger partial charge on any atom is -0.506 e. The van der Waals surface area contributed by atoms with Gasteiger partial charge >= 0.3 is 0 Å². The Bertz CT molecular complexity index is 522. The van der Waals surface area contributed by atoms with Crippen molar-refractivity contribution in [2.45, 2.75) is 6.54 Å². The second kappa shape index (κ2) is 4.56. The summed E-state index contributed by atoms with van der Waals surface area (Å²) in [6.07, 6.45) is 1.53. The van der Waals surface area contributed by atoms with E-state index in [9.17, 15) is 15.2 Å². The molecule has 2 aromatic rings. The molecule has 0 unspecified atom stereocenters. The average Bonchev–Trinajstić information content (AvgIpc) is 2.80. The molecule has 0 amide bonds. The smallest absolute Gasteiger partial charge is 0.271 e. The normalized spacial score (nSPS) is 10.1. The first kappa shape index (κ1) is 11.0. The molecule has 0 radical (unpaired) electrons. The van der Waals surface area contributed by atoms with Gasteiger partial charge in [-0.3, -0.25) is 10.1 Å². The summed E-state index contributed by atoms with van der Waals surface area (Å²) in [7, 11) is 0. The third-order valence-corrected chi connectivity index (χ3v) is 2.22. The van der Waals surface area contributed by atoms with Crippen molar-refractivity contribution < 1.29 is 14.4 Å². The number of nitro groups is 1. The van der Waals surface area contributed by atoms with Gasteiger partial charge in [0.15, 0.2) is 0 Å². The molecule has 0 fully saturated rings. The summed E-state index contributed by atoms with van der Waals surface area (Å²) in [5.41, 5.74) is 0.223. The maximum absolute atomic E-state index is 10.6. The minimum absolute atomic E-state index is 0.0397. The van der Waals surface area contributed by atoms with E-state index in [4.69, 9.17) is 4.42 Å². The molecule has 0 saturated carbocycles. The van der Waals surface area contributed by atoms with Gasteiger partial charge in [0.25, 0.3) is 5.69 Å². The Kier molecular flexibility index (Phi) is 2.95. The molecular weight excluding hydrogens is 224 g/mol. The SMILES string of the molecule is O=[N+]([O-])c1ccc(O)c(NCc2ccco2)c1. The van der Waals surface area contributed by atoms with E-state index in [-0.39, 0.29) is 11.4 Å². The van der Waals surface area contributed by atoms with Gasteiger partial charge in [0.2, 0.25) is 0 Å². The fraction of sp³-hybridized carbons (Fsp3) is 0.0909. The highest BCUT2D eigenvalue weighted by molar-refractivity contribution is 5.60. The number of non-ortho nitro benzene ring substituents is 1. The number of nitrogens with one attached hydrogen (secondary N) is 1. The summed E-state index contributed by atoms with van der Waals surface area (Å²) < 4.78 is 5.09. The van der Waals surface area contributed by atoms with E-state index in [1.165, 1.54) is 24.5 Å². The van der Waals surface area contributed by atoms with Crippen LogP contribution in [0, 0.1) is 10.1 Å². The molecule has 6 heteroatoms. The first-order chi connectivity index (χ1) is 8.16. The Labute approximate surface area is 96.6 Å². The minimum atomic E-state index is -0.516. The van der Waals surface area contributed by atoms with Gasteiger partial charge in [-0.2, -0.15) is 0 Å². The van der Waals surface area contributed by atoms with E-state index in [2.05, 4.69) is 5.32 Å². The summed E-state index contributed by atoms with van der Waals surface area (Å²) in [5.74, 6) is 0.637. The standard InChI is InChI=1S/C11H10N2O4/c14-11-4-3-8(13(15)16)6-10(11)12-7-9-2-1-5-17-9/h1-6,12,14H,7H2. The van der Waals surface area contributed by atoms with Crippen LogP contribution in [0.5, 0.6) is 5.75 Å². The van der Waals surface area contributed by atoms with Crippen LogP contribution in [0.3, 0.4) is 0 Å². The lowest BCUT2D eigenvalue weighted by atomic mass is 10.2. The number of phenolic OH excluding ortho intramolecular Hbond substituents is 1. The largest absolute Gasteiger partial charge is 0.506 e.